The Morgan fingerprint density at radius 3 is 2.70 bits per heavy atom. The Morgan fingerprint density at radius 2 is 2.03 bits per heavy atom. The summed E-state index contributed by atoms with van der Waals surface area (Å²) < 4.78 is 40.8. The van der Waals surface area contributed by atoms with Gasteiger partial charge in [-0.2, -0.15) is 5.10 Å². The number of aliphatic imine (C=N–C) groups is 1. The summed E-state index contributed by atoms with van der Waals surface area (Å²) in [5.74, 6) is -1.09. The van der Waals surface area contributed by atoms with Crippen molar-refractivity contribution >= 4 is 17.5 Å². The molecular weight excluding hydrogens is 433 g/mol. The molecule has 1 unspecified atom stereocenters. The predicted molar refractivity (Wildman–Crippen MR) is 120 cm³/mol. The van der Waals surface area contributed by atoms with Crippen LogP contribution in [-0.4, -0.2) is 45.8 Å². The van der Waals surface area contributed by atoms with E-state index in [2.05, 4.69) is 15.4 Å². The molecule has 1 aromatic carbocycles. The second-order valence-electron chi connectivity index (χ2n) is 9.25. The van der Waals surface area contributed by atoms with Crippen molar-refractivity contribution in [3.63, 3.8) is 0 Å². The Morgan fingerprint density at radius 1 is 1.30 bits per heavy atom. The molecule has 1 amide bonds. The van der Waals surface area contributed by atoms with Gasteiger partial charge in [-0.25, -0.2) is 18.2 Å². The Balaban J connectivity index is 1.63. The average Bonchev–Trinajstić information content (AvgIpc) is 3.07. The van der Waals surface area contributed by atoms with Crippen LogP contribution in [0.4, 0.5) is 13.2 Å². The van der Waals surface area contributed by atoms with Gasteiger partial charge >= 0.3 is 0 Å². The molecule has 33 heavy (non-hydrogen) atoms. The van der Waals surface area contributed by atoms with Gasteiger partial charge in [-0.1, -0.05) is 24.3 Å². The van der Waals surface area contributed by atoms with Gasteiger partial charge < -0.3 is 10.4 Å². The number of halogens is 3. The first-order chi connectivity index (χ1) is 15.6. The van der Waals surface area contributed by atoms with Gasteiger partial charge in [0.2, 0.25) is 0 Å². The summed E-state index contributed by atoms with van der Waals surface area (Å²) in [6.45, 7) is 5.92. The van der Waals surface area contributed by atoms with E-state index in [1.165, 1.54) is 12.1 Å². The summed E-state index contributed by atoms with van der Waals surface area (Å²) in [6, 6.07) is 2.93. The molecule has 1 aromatic rings. The normalized spacial score (nSPS) is 22.8. The third-order valence-electron chi connectivity index (χ3n) is 6.00. The summed E-state index contributed by atoms with van der Waals surface area (Å²) in [4.78, 5) is 17.9. The number of amides is 1. The number of benzene rings is 1. The van der Waals surface area contributed by atoms with E-state index < -0.39 is 35.3 Å². The monoisotopic (exact) mass is 460 g/mol. The number of allylic oxidation sites excluding steroid dienone is 2. The minimum absolute atomic E-state index is 0.0130. The smallest absolute Gasteiger partial charge is 0.266 e. The largest absolute Gasteiger partial charge is 0.393 e. The zero-order valence-corrected chi connectivity index (χ0v) is 18.8. The van der Waals surface area contributed by atoms with Gasteiger partial charge in [0, 0.05) is 5.56 Å². The summed E-state index contributed by atoms with van der Waals surface area (Å²) in [6.07, 6.45) is 2.03. The van der Waals surface area contributed by atoms with E-state index in [0.29, 0.717) is 37.4 Å². The zero-order chi connectivity index (χ0) is 23.9. The predicted octanol–water partition coefficient (Wildman–Crippen LogP) is 4.20. The molecule has 0 spiro atoms. The first-order valence-corrected chi connectivity index (χ1v) is 11.0. The quantitative estimate of drug-likeness (QED) is 0.692. The molecule has 0 bridgehead atoms. The lowest BCUT2D eigenvalue weighted by Gasteiger charge is -2.26. The maximum Gasteiger partial charge on any atom is 0.266 e. The zero-order valence-electron chi connectivity index (χ0n) is 18.8. The lowest BCUT2D eigenvalue weighted by Crippen LogP contribution is -2.39. The molecule has 3 aliphatic rings. The van der Waals surface area contributed by atoms with Crippen LogP contribution in [-0.2, 0) is 4.79 Å². The number of hydrogen-bond donors (Lipinski definition) is 2. The third kappa shape index (κ3) is 4.73. The van der Waals surface area contributed by atoms with Gasteiger partial charge in [-0.05, 0) is 51.7 Å². The number of carbonyl (C=O) groups excluding carboxylic acids is 1. The molecule has 2 atom stereocenters. The van der Waals surface area contributed by atoms with Crippen LogP contribution >= 0.6 is 0 Å². The van der Waals surface area contributed by atoms with Crippen molar-refractivity contribution in [1.29, 1.82) is 0 Å². The van der Waals surface area contributed by atoms with Crippen LogP contribution in [0.1, 0.15) is 63.6 Å². The van der Waals surface area contributed by atoms with Crippen molar-refractivity contribution < 1.29 is 23.1 Å². The maximum absolute atomic E-state index is 14.6. The number of hydrogen-bond acceptors (Lipinski definition) is 5. The van der Waals surface area contributed by atoms with Crippen molar-refractivity contribution in [2.24, 2.45) is 10.1 Å². The molecule has 2 N–H and O–H groups in total. The van der Waals surface area contributed by atoms with Crippen molar-refractivity contribution in [3.05, 3.63) is 58.4 Å². The Kier molecular flexibility index (Phi) is 6.18. The van der Waals surface area contributed by atoms with Crippen LogP contribution < -0.4 is 5.32 Å². The number of amidine groups is 1. The molecule has 6 nitrogen and oxygen atoms in total. The first-order valence-electron chi connectivity index (χ1n) is 11.0. The van der Waals surface area contributed by atoms with Crippen molar-refractivity contribution in [1.82, 2.24) is 10.3 Å². The lowest BCUT2D eigenvalue weighted by molar-refractivity contribution is -0.117. The highest BCUT2D eigenvalue weighted by Crippen LogP contribution is 2.31. The number of nitrogens with zero attached hydrogens (tertiary/aromatic N) is 3. The summed E-state index contributed by atoms with van der Waals surface area (Å²) in [5.41, 5.74) is 0.698. The molecule has 1 aliphatic carbocycles. The van der Waals surface area contributed by atoms with Gasteiger partial charge in [-0.3, -0.25) is 9.79 Å². The van der Waals surface area contributed by atoms with Crippen LogP contribution in [0.3, 0.4) is 0 Å². The molecule has 4 rings (SSSR count). The molecule has 0 radical (unpaired) electrons. The second-order valence-corrected chi connectivity index (χ2v) is 9.25. The highest BCUT2D eigenvalue weighted by atomic mass is 19.3. The van der Waals surface area contributed by atoms with Gasteiger partial charge in [0.15, 0.2) is 5.84 Å². The number of nitrogens with one attached hydrogen (secondary N) is 1. The van der Waals surface area contributed by atoms with Gasteiger partial charge in [0.1, 0.15) is 5.82 Å². The van der Waals surface area contributed by atoms with E-state index in [0.717, 1.165) is 11.6 Å². The topological polar surface area (TPSA) is 77.3 Å². The Bertz CT molecular complexity index is 1090. The molecule has 2 heterocycles. The summed E-state index contributed by atoms with van der Waals surface area (Å²) in [5, 5.41) is 18.9. The van der Waals surface area contributed by atoms with Crippen LogP contribution in [0.5, 0.6) is 0 Å². The average molecular weight is 461 g/mol. The lowest BCUT2D eigenvalue weighted by atomic mass is 9.92. The molecule has 176 valence electrons. The first kappa shape index (κ1) is 23.2. The van der Waals surface area contributed by atoms with Gasteiger partial charge in [-0.15, -0.1) is 0 Å². The highest BCUT2D eigenvalue weighted by Gasteiger charge is 2.38. The summed E-state index contributed by atoms with van der Waals surface area (Å²) >= 11 is 0. The van der Waals surface area contributed by atoms with Crippen LogP contribution in [0.15, 0.2) is 51.6 Å². The number of fused-ring (bicyclic) bond motifs is 1. The fourth-order valence-corrected chi connectivity index (χ4v) is 4.26. The number of alkyl halides is 2. The van der Waals surface area contributed by atoms with E-state index in [9.17, 15) is 23.1 Å². The van der Waals surface area contributed by atoms with E-state index in [4.69, 9.17) is 0 Å². The number of carbonyl (C=O) groups is 1. The second kappa shape index (κ2) is 8.78. The minimum atomic E-state index is -2.95. The van der Waals surface area contributed by atoms with Crippen LogP contribution in [0, 0.1) is 5.82 Å². The van der Waals surface area contributed by atoms with Crippen molar-refractivity contribution in [2.75, 3.05) is 6.54 Å². The maximum atomic E-state index is 14.6. The fraction of sp³-hybridized carbons (Fsp3) is 0.458. The molecule has 0 fully saturated rings. The third-order valence-corrected chi connectivity index (χ3v) is 6.00. The molecule has 9 heteroatoms. The number of aliphatic hydroxyl groups is 1. The van der Waals surface area contributed by atoms with E-state index in [1.807, 2.05) is 19.9 Å². The molecule has 0 saturated heterocycles. The SMILES string of the molecule is C[C@@H](NC(=O)C1=CC(C2=CCC(O)CC2)=NN2CC(C)(C)N=C12)c1cccc(C(F)F)c1F. The Hall–Kier alpha value is -2.94. The highest BCUT2D eigenvalue weighted by molar-refractivity contribution is 6.28. The molecular formula is C24H27F3N4O2. The standard InChI is InChI=1S/C24H27F3N4O2/c1-13(16-5-4-6-17(20(16)25)21(26)27)28-23(33)18-11-19(14-7-9-15(32)10-8-14)30-31-12-24(2,3)29-22(18)31/h4-7,11,13,15,21,32H,8-10,12H2,1-3H3,(H,28,33)/t13-,15?/m1/s1. The van der Waals surface area contributed by atoms with Gasteiger partial charge in [0.05, 0.1) is 41.1 Å². The van der Waals surface area contributed by atoms with Crippen LogP contribution in [0.25, 0.3) is 0 Å². The van der Waals surface area contributed by atoms with E-state index in [-0.39, 0.29) is 17.2 Å². The molecule has 0 aromatic heterocycles. The number of aliphatic hydroxyl groups excluding tert-OH is 1. The minimum Gasteiger partial charge on any atom is -0.393 e. The number of hydrazone groups is 1. The van der Waals surface area contributed by atoms with Crippen molar-refractivity contribution in [2.45, 2.75) is 64.1 Å². The van der Waals surface area contributed by atoms with E-state index >= 15 is 0 Å². The molecule has 0 saturated carbocycles. The van der Waals surface area contributed by atoms with Gasteiger partial charge in [0.25, 0.3) is 12.3 Å². The van der Waals surface area contributed by atoms with Crippen molar-refractivity contribution in [3.8, 4) is 0 Å². The van der Waals surface area contributed by atoms with Crippen LogP contribution in [0.2, 0.25) is 0 Å². The fourth-order valence-electron chi connectivity index (χ4n) is 4.26. The summed E-state index contributed by atoms with van der Waals surface area (Å²) in [7, 11) is 0. The Labute approximate surface area is 190 Å². The molecule has 2 aliphatic heterocycles. The van der Waals surface area contributed by atoms with E-state index in [1.54, 1.807) is 18.0 Å². The number of rotatable bonds is 5.